The number of carbonyl (C=O) groups is 1. The third kappa shape index (κ3) is 4.19. The SMILES string of the molecule is CC(CNc1ccc(S(N)(=O)=O)cc1C(=O)O)N(C)C. The van der Waals surface area contributed by atoms with Crippen LogP contribution in [-0.4, -0.2) is 51.1 Å². The molecule has 4 N–H and O–H groups in total. The van der Waals surface area contributed by atoms with Crippen LogP contribution in [0.2, 0.25) is 0 Å². The van der Waals surface area contributed by atoms with E-state index in [-0.39, 0.29) is 16.5 Å². The molecule has 1 aromatic rings. The zero-order chi connectivity index (χ0) is 15.5. The first kappa shape index (κ1) is 16.4. The first-order chi connectivity index (χ1) is 9.12. The fourth-order valence-electron chi connectivity index (χ4n) is 1.47. The van der Waals surface area contributed by atoms with Crippen LogP contribution in [-0.2, 0) is 10.0 Å². The van der Waals surface area contributed by atoms with Crippen molar-refractivity contribution in [3.05, 3.63) is 23.8 Å². The largest absolute Gasteiger partial charge is 0.478 e. The molecular formula is C12H19N3O4S. The highest BCUT2D eigenvalue weighted by Gasteiger charge is 2.16. The van der Waals surface area contributed by atoms with E-state index >= 15 is 0 Å². The van der Waals surface area contributed by atoms with E-state index in [4.69, 9.17) is 10.2 Å². The van der Waals surface area contributed by atoms with Crippen LogP contribution in [0.1, 0.15) is 17.3 Å². The Bertz CT molecular complexity index is 599. The second kappa shape index (κ2) is 6.21. The number of likely N-dealkylation sites (N-methyl/N-ethyl adjacent to an activating group) is 1. The Morgan fingerprint density at radius 1 is 1.45 bits per heavy atom. The number of aromatic carboxylic acids is 1. The van der Waals surface area contributed by atoms with Gasteiger partial charge in [0.25, 0.3) is 0 Å². The smallest absolute Gasteiger partial charge is 0.337 e. The maximum atomic E-state index is 11.2. The summed E-state index contributed by atoms with van der Waals surface area (Å²) < 4.78 is 22.5. The van der Waals surface area contributed by atoms with Gasteiger partial charge in [-0.1, -0.05) is 0 Å². The maximum Gasteiger partial charge on any atom is 0.337 e. The minimum Gasteiger partial charge on any atom is -0.478 e. The van der Waals surface area contributed by atoms with Gasteiger partial charge in [-0.25, -0.2) is 18.4 Å². The van der Waals surface area contributed by atoms with Crippen molar-refractivity contribution < 1.29 is 18.3 Å². The summed E-state index contributed by atoms with van der Waals surface area (Å²) in [5.41, 5.74) is 0.237. The number of nitrogens with zero attached hydrogens (tertiary/aromatic N) is 1. The molecule has 0 fully saturated rings. The topological polar surface area (TPSA) is 113 Å². The summed E-state index contributed by atoms with van der Waals surface area (Å²) in [7, 11) is -0.0971. The third-order valence-electron chi connectivity index (χ3n) is 3.02. The van der Waals surface area contributed by atoms with Gasteiger partial charge in [0, 0.05) is 18.3 Å². The monoisotopic (exact) mass is 301 g/mol. The normalized spacial score (nSPS) is 13.2. The van der Waals surface area contributed by atoms with E-state index in [1.807, 2.05) is 25.9 Å². The van der Waals surface area contributed by atoms with E-state index < -0.39 is 16.0 Å². The molecule has 0 spiro atoms. The lowest BCUT2D eigenvalue weighted by Crippen LogP contribution is -2.31. The van der Waals surface area contributed by atoms with Crippen LogP contribution in [0.25, 0.3) is 0 Å². The van der Waals surface area contributed by atoms with Crippen molar-refractivity contribution in [1.82, 2.24) is 4.90 Å². The number of primary sulfonamides is 1. The summed E-state index contributed by atoms with van der Waals surface area (Å²) in [5.74, 6) is -1.21. The number of sulfonamides is 1. The van der Waals surface area contributed by atoms with Gasteiger partial charge in [-0.2, -0.15) is 0 Å². The molecule has 7 nitrogen and oxygen atoms in total. The molecule has 0 bridgehead atoms. The molecule has 0 aliphatic carbocycles. The van der Waals surface area contributed by atoms with Crippen molar-refractivity contribution in [3.63, 3.8) is 0 Å². The number of rotatable bonds is 6. The number of nitrogens with two attached hydrogens (primary N) is 1. The predicted octanol–water partition coefficient (Wildman–Crippen LogP) is 0.394. The van der Waals surface area contributed by atoms with Gasteiger partial charge in [-0.15, -0.1) is 0 Å². The second-order valence-electron chi connectivity index (χ2n) is 4.75. The van der Waals surface area contributed by atoms with Crippen LogP contribution >= 0.6 is 0 Å². The quantitative estimate of drug-likeness (QED) is 0.701. The Kier molecular flexibility index (Phi) is 5.09. The third-order valence-corrected chi connectivity index (χ3v) is 3.93. The summed E-state index contributed by atoms with van der Waals surface area (Å²) >= 11 is 0. The zero-order valence-corrected chi connectivity index (χ0v) is 12.4. The van der Waals surface area contributed by atoms with E-state index in [9.17, 15) is 13.2 Å². The molecule has 1 rings (SSSR count). The van der Waals surface area contributed by atoms with Crippen LogP contribution in [0.5, 0.6) is 0 Å². The predicted molar refractivity (Wildman–Crippen MR) is 76.4 cm³/mol. The van der Waals surface area contributed by atoms with Crippen molar-refractivity contribution in [3.8, 4) is 0 Å². The first-order valence-electron chi connectivity index (χ1n) is 5.93. The summed E-state index contributed by atoms with van der Waals surface area (Å²) in [6.07, 6.45) is 0. The molecular weight excluding hydrogens is 282 g/mol. The number of nitrogens with one attached hydrogen (secondary N) is 1. The summed E-state index contributed by atoms with van der Waals surface area (Å²) in [6.45, 7) is 2.51. The molecule has 0 radical (unpaired) electrons. The van der Waals surface area contributed by atoms with Crippen LogP contribution < -0.4 is 10.5 Å². The van der Waals surface area contributed by atoms with E-state index in [2.05, 4.69) is 5.32 Å². The van der Waals surface area contributed by atoms with Gasteiger partial charge in [0.1, 0.15) is 0 Å². The molecule has 0 saturated carbocycles. The summed E-state index contributed by atoms with van der Waals surface area (Å²) in [4.78, 5) is 13.0. The van der Waals surface area contributed by atoms with Crippen LogP contribution in [0, 0.1) is 0 Å². The fourth-order valence-corrected chi connectivity index (χ4v) is 2.01. The molecule has 0 aliphatic rings. The molecule has 1 unspecified atom stereocenters. The fraction of sp³-hybridized carbons (Fsp3) is 0.417. The van der Waals surface area contributed by atoms with Gasteiger partial charge in [0.2, 0.25) is 10.0 Å². The molecule has 1 aromatic carbocycles. The molecule has 0 amide bonds. The Morgan fingerprint density at radius 3 is 2.50 bits per heavy atom. The van der Waals surface area contributed by atoms with E-state index in [0.717, 1.165) is 6.07 Å². The lowest BCUT2D eigenvalue weighted by molar-refractivity contribution is 0.0697. The minimum atomic E-state index is -3.92. The molecule has 20 heavy (non-hydrogen) atoms. The number of benzene rings is 1. The van der Waals surface area contributed by atoms with Gasteiger partial charge < -0.3 is 15.3 Å². The highest BCUT2D eigenvalue weighted by Crippen LogP contribution is 2.20. The van der Waals surface area contributed by atoms with Crippen LogP contribution in [0.4, 0.5) is 5.69 Å². The average molecular weight is 301 g/mol. The van der Waals surface area contributed by atoms with Crippen molar-refractivity contribution in [2.45, 2.75) is 17.9 Å². The maximum absolute atomic E-state index is 11.2. The molecule has 0 heterocycles. The second-order valence-corrected chi connectivity index (χ2v) is 6.31. The molecule has 0 saturated heterocycles. The molecule has 0 aliphatic heterocycles. The van der Waals surface area contributed by atoms with Crippen molar-refractivity contribution in [1.29, 1.82) is 0 Å². The lowest BCUT2D eigenvalue weighted by atomic mass is 10.1. The Hall–Kier alpha value is -1.64. The Labute approximate surface area is 118 Å². The van der Waals surface area contributed by atoms with Crippen molar-refractivity contribution in [2.75, 3.05) is 26.0 Å². The summed E-state index contributed by atoms with van der Waals surface area (Å²) in [6, 6.07) is 3.94. The van der Waals surface area contributed by atoms with Crippen LogP contribution in [0.3, 0.4) is 0 Å². The van der Waals surface area contributed by atoms with Crippen molar-refractivity contribution in [2.24, 2.45) is 5.14 Å². The standard InChI is InChI=1S/C12H19N3O4S/c1-8(15(2)3)7-14-11-5-4-9(20(13,18)19)6-10(11)12(16)17/h4-6,8,14H,7H2,1-3H3,(H,16,17)(H2,13,18,19). The Morgan fingerprint density at radius 2 is 2.05 bits per heavy atom. The van der Waals surface area contributed by atoms with E-state index in [1.165, 1.54) is 12.1 Å². The Balaban J connectivity index is 3.06. The van der Waals surface area contributed by atoms with Gasteiger partial charge >= 0.3 is 5.97 Å². The summed E-state index contributed by atoms with van der Waals surface area (Å²) in [5, 5.41) is 17.1. The molecule has 8 heteroatoms. The van der Waals surface area contributed by atoms with Gasteiger partial charge in [-0.05, 0) is 39.2 Å². The number of hydrogen-bond donors (Lipinski definition) is 3. The molecule has 1 atom stereocenters. The lowest BCUT2D eigenvalue weighted by Gasteiger charge is -2.21. The number of carboxylic acid groups (broad SMARTS) is 1. The van der Waals surface area contributed by atoms with Gasteiger partial charge in [0.05, 0.1) is 10.5 Å². The molecule has 112 valence electrons. The zero-order valence-electron chi connectivity index (χ0n) is 11.6. The van der Waals surface area contributed by atoms with Crippen LogP contribution in [0.15, 0.2) is 23.1 Å². The number of hydrogen-bond acceptors (Lipinski definition) is 5. The highest BCUT2D eigenvalue weighted by atomic mass is 32.2. The number of carboxylic acids is 1. The highest BCUT2D eigenvalue weighted by molar-refractivity contribution is 7.89. The average Bonchev–Trinajstić information content (AvgIpc) is 2.34. The van der Waals surface area contributed by atoms with Gasteiger partial charge in [-0.3, -0.25) is 0 Å². The van der Waals surface area contributed by atoms with E-state index in [0.29, 0.717) is 12.2 Å². The van der Waals surface area contributed by atoms with E-state index in [1.54, 1.807) is 0 Å². The number of anilines is 1. The minimum absolute atomic E-state index is 0.123. The van der Waals surface area contributed by atoms with Crippen molar-refractivity contribution >= 4 is 21.7 Å². The first-order valence-corrected chi connectivity index (χ1v) is 7.48. The molecule has 0 aromatic heterocycles. The van der Waals surface area contributed by atoms with Gasteiger partial charge in [0.15, 0.2) is 0 Å².